The minimum absolute atomic E-state index is 1.10. The van der Waals surface area contributed by atoms with Gasteiger partial charge in [-0.1, -0.05) is 25.1 Å². The van der Waals surface area contributed by atoms with Crippen LogP contribution in [0.3, 0.4) is 0 Å². The van der Waals surface area contributed by atoms with Gasteiger partial charge in [0.1, 0.15) is 0 Å². The summed E-state index contributed by atoms with van der Waals surface area (Å²) in [4.78, 5) is 1.41. The Labute approximate surface area is 91.3 Å². The first-order valence-corrected chi connectivity index (χ1v) is 6.22. The van der Waals surface area contributed by atoms with Crippen LogP contribution in [0.4, 0.5) is 0 Å². The molecule has 0 bridgehead atoms. The SMILES string of the molecule is CCCNCCSc1ccccc1C. The molecule has 0 heterocycles. The summed E-state index contributed by atoms with van der Waals surface area (Å²) in [5.74, 6) is 1.16. The Morgan fingerprint density at radius 1 is 1.21 bits per heavy atom. The lowest BCUT2D eigenvalue weighted by molar-refractivity contribution is 0.707. The quantitative estimate of drug-likeness (QED) is 0.571. The highest BCUT2D eigenvalue weighted by molar-refractivity contribution is 7.99. The molecule has 0 aliphatic heterocycles. The van der Waals surface area contributed by atoms with Crippen LogP contribution in [0.5, 0.6) is 0 Å². The van der Waals surface area contributed by atoms with Crippen LogP contribution in [-0.2, 0) is 0 Å². The molecule has 1 rings (SSSR count). The molecule has 0 saturated heterocycles. The van der Waals surface area contributed by atoms with Crippen molar-refractivity contribution >= 4 is 11.8 Å². The van der Waals surface area contributed by atoms with E-state index in [9.17, 15) is 0 Å². The summed E-state index contributed by atoms with van der Waals surface area (Å²) in [5, 5.41) is 3.40. The Bertz CT molecular complexity index is 260. The Hall–Kier alpha value is -0.470. The zero-order valence-electron chi connectivity index (χ0n) is 9.05. The Morgan fingerprint density at radius 2 is 2.00 bits per heavy atom. The molecule has 2 heteroatoms. The summed E-state index contributed by atoms with van der Waals surface area (Å²) in [6.07, 6.45) is 1.22. The molecule has 0 spiro atoms. The number of nitrogens with one attached hydrogen (secondary N) is 1. The highest BCUT2D eigenvalue weighted by atomic mass is 32.2. The molecule has 0 radical (unpaired) electrons. The van der Waals surface area contributed by atoms with Gasteiger partial charge < -0.3 is 5.32 Å². The van der Waals surface area contributed by atoms with E-state index in [1.54, 1.807) is 0 Å². The van der Waals surface area contributed by atoms with Gasteiger partial charge in [0.05, 0.1) is 0 Å². The van der Waals surface area contributed by atoms with Crippen molar-refractivity contribution in [1.29, 1.82) is 0 Å². The number of hydrogen-bond acceptors (Lipinski definition) is 2. The second kappa shape index (κ2) is 6.91. The largest absolute Gasteiger partial charge is 0.316 e. The maximum Gasteiger partial charge on any atom is 0.0106 e. The summed E-state index contributed by atoms with van der Waals surface area (Å²) in [6, 6.07) is 8.56. The van der Waals surface area contributed by atoms with Crippen LogP contribution in [0.15, 0.2) is 29.2 Å². The highest BCUT2D eigenvalue weighted by Gasteiger charge is 1.96. The summed E-state index contributed by atoms with van der Waals surface area (Å²) in [6.45, 7) is 6.60. The lowest BCUT2D eigenvalue weighted by Crippen LogP contribution is -2.17. The maximum atomic E-state index is 3.40. The lowest BCUT2D eigenvalue weighted by atomic mass is 10.2. The van der Waals surface area contributed by atoms with E-state index >= 15 is 0 Å². The predicted molar refractivity (Wildman–Crippen MR) is 65.1 cm³/mol. The fraction of sp³-hybridized carbons (Fsp3) is 0.500. The van der Waals surface area contributed by atoms with Gasteiger partial charge >= 0.3 is 0 Å². The van der Waals surface area contributed by atoms with Crippen molar-refractivity contribution in [3.63, 3.8) is 0 Å². The number of benzene rings is 1. The minimum Gasteiger partial charge on any atom is -0.316 e. The van der Waals surface area contributed by atoms with Crippen molar-refractivity contribution in [2.24, 2.45) is 0 Å². The van der Waals surface area contributed by atoms with Crippen molar-refractivity contribution in [2.75, 3.05) is 18.8 Å². The van der Waals surface area contributed by atoms with Crippen LogP contribution >= 0.6 is 11.8 Å². The van der Waals surface area contributed by atoms with Gasteiger partial charge in [-0.2, -0.15) is 0 Å². The topological polar surface area (TPSA) is 12.0 Å². The van der Waals surface area contributed by atoms with Gasteiger partial charge in [-0.25, -0.2) is 0 Å². The molecule has 78 valence electrons. The smallest absolute Gasteiger partial charge is 0.0106 e. The summed E-state index contributed by atoms with van der Waals surface area (Å²) in [5.41, 5.74) is 1.38. The van der Waals surface area contributed by atoms with Gasteiger partial charge in [0.2, 0.25) is 0 Å². The van der Waals surface area contributed by atoms with Crippen molar-refractivity contribution < 1.29 is 0 Å². The number of thioether (sulfide) groups is 1. The first-order valence-electron chi connectivity index (χ1n) is 5.23. The molecule has 0 unspecified atom stereocenters. The van der Waals surface area contributed by atoms with Crippen LogP contribution in [-0.4, -0.2) is 18.8 Å². The molecule has 1 aromatic carbocycles. The molecular weight excluding hydrogens is 190 g/mol. The van der Waals surface area contributed by atoms with Gasteiger partial charge in [0.25, 0.3) is 0 Å². The summed E-state index contributed by atoms with van der Waals surface area (Å²) in [7, 11) is 0. The van der Waals surface area contributed by atoms with Gasteiger partial charge in [-0.05, 0) is 31.5 Å². The lowest BCUT2D eigenvalue weighted by Gasteiger charge is -2.05. The van der Waals surface area contributed by atoms with Gasteiger partial charge in [0, 0.05) is 17.2 Å². The van der Waals surface area contributed by atoms with Crippen LogP contribution in [0.1, 0.15) is 18.9 Å². The third-order valence-electron chi connectivity index (χ3n) is 2.06. The van der Waals surface area contributed by atoms with E-state index in [-0.39, 0.29) is 0 Å². The van der Waals surface area contributed by atoms with Crippen molar-refractivity contribution in [1.82, 2.24) is 5.32 Å². The minimum atomic E-state index is 1.10. The average Bonchev–Trinajstić information content (AvgIpc) is 2.20. The second-order valence-corrected chi connectivity index (χ2v) is 4.50. The maximum absolute atomic E-state index is 3.40. The zero-order chi connectivity index (χ0) is 10.2. The molecule has 0 saturated carbocycles. The fourth-order valence-electron chi connectivity index (χ4n) is 1.25. The molecule has 0 fully saturated rings. The molecule has 1 nitrogen and oxygen atoms in total. The number of aryl methyl sites for hydroxylation is 1. The van der Waals surface area contributed by atoms with Crippen molar-refractivity contribution in [3.8, 4) is 0 Å². The van der Waals surface area contributed by atoms with Crippen LogP contribution in [0, 0.1) is 6.92 Å². The zero-order valence-corrected chi connectivity index (χ0v) is 9.86. The number of rotatable bonds is 6. The highest BCUT2D eigenvalue weighted by Crippen LogP contribution is 2.20. The van der Waals surface area contributed by atoms with E-state index in [0.29, 0.717) is 0 Å². The molecule has 1 aromatic rings. The van der Waals surface area contributed by atoms with Gasteiger partial charge in [-0.15, -0.1) is 11.8 Å². The summed E-state index contributed by atoms with van der Waals surface area (Å²) >= 11 is 1.93. The van der Waals surface area contributed by atoms with E-state index in [4.69, 9.17) is 0 Å². The molecular formula is C12H19NS. The molecule has 0 aromatic heterocycles. The van der Waals surface area contributed by atoms with Crippen molar-refractivity contribution in [3.05, 3.63) is 29.8 Å². The van der Waals surface area contributed by atoms with Crippen LogP contribution < -0.4 is 5.32 Å². The first kappa shape index (κ1) is 11.6. The van der Waals surface area contributed by atoms with Gasteiger partial charge in [0.15, 0.2) is 0 Å². The van der Waals surface area contributed by atoms with Crippen LogP contribution in [0.2, 0.25) is 0 Å². The predicted octanol–water partition coefficient (Wildman–Crippen LogP) is 3.09. The van der Waals surface area contributed by atoms with E-state index in [1.807, 2.05) is 11.8 Å². The molecule has 0 aliphatic carbocycles. The average molecular weight is 209 g/mol. The standard InChI is InChI=1S/C12H19NS/c1-3-8-13-9-10-14-12-7-5-4-6-11(12)2/h4-7,13H,3,8-10H2,1-2H3. The van der Waals surface area contributed by atoms with E-state index < -0.39 is 0 Å². The van der Waals surface area contributed by atoms with Gasteiger partial charge in [-0.3, -0.25) is 0 Å². The van der Waals surface area contributed by atoms with E-state index in [2.05, 4.69) is 43.4 Å². The van der Waals surface area contributed by atoms with Crippen molar-refractivity contribution in [2.45, 2.75) is 25.2 Å². The first-order chi connectivity index (χ1) is 6.84. The molecule has 0 atom stereocenters. The Balaban J connectivity index is 2.21. The monoisotopic (exact) mass is 209 g/mol. The third kappa shape index (κ3) is 4.16. The fourth-order valence-corrected chi connectivity index (χ4v) is 2.19. The van der Waals surface area contributed by atoms with E-state index in [1.165, 1.54) is 16.9 Å². The Kier molecular flexibility index (Phi) is 5.72. The second-order valence-electron chi connectivity index (χ2n) is 3.36. The van der Waals surface area contributed by atoms with E-state index in [0.717, 1.165) is 18.8 Å². The normalized spacial score (nSPS) is 10.4. The molecule has 0 aliphatic rings. The molecule has 0 amide bonds. The summed E-state index contributed by atoms with van der Waals surface area (Å²) < 4.78 is 0. The number of hydrogen-bond donors (Lipinski definition) is 1. The molecule has 1 N–H and O–H groups in total. The molecule has 14 heavy (non-hydrogen) atoms. The Morgan fingerprint density at radius 3 is 2.71 bits per heavy atom. The third-order valence-corrected chi connectivity index (χ3v) is 3.23. The van der Waals surface area contributed by atoms with Crippen LogP contribution in [0.25, 0.3) is 0 Å².